The van der Waals surface area contributed by atoms with E-state index in [9.17, 15) is 5.11 Å². The van der Waals surface area contributed by atoms with Crippen LogP contribution in [-0.4, -0.2) is 19.6 Å². The number of para-hydroxylation sites is 2. The van der Waals surface area contributed by atoms with Crippen molar-refractivity contribution in [3.63, 3.8) is 0 Å². The van der Waals surface area contributed by atoms with E-state index >= 15 is 0 Å². The molecular formula is C36H28N3O2Pt-. The topological polar surface area (TPSA) is 60.2 Å². The van der Waals surface area contributed by atoms with Crippen LogP contribution in [0.2, 0.25) is 0 Å². The van der Waals surface area contributed by atoms with Gasteiger partial charge in [-0.3, -0.25) is 0 Å². The van der Waals surface area contributed by atoms with E-state index in [2.05, 4.69) is 66.9 Å². The van der Waals surface area contributed by atoms with E-state index < -0.39 is 0 Å². The zero-order valence-corrected chi connectivity index (χ0v) is 25.5. The van der Waals surface area contributed by atoms with Crippen molar-refractivity contribution in [3.8, 4) is 34.3 Å². The molecule has 7 rings (SSSR count). The monoisotopic (exact) mass is 729 g/mol. The van der Waals surface area contributed by atoms with Gasteiger partial charge in [-0.2, -0.15) is 6.07 Å². The standard InChI is InChI=1S/C36H28N3O2.Pt/c1-3-23-19-25(4-2)37-34(20-23)39-31-15-9-8-13-27(31)28-18-17-26(21-32(28)39)41-35-22-30(24-11-6-5-7-12-24)29-14-10-16-33(40)36(29)38-35;/h5-20,22,40H,3-4H2,1-2H3;/q-1;. The number of ether oxygens (including phenoxy) is 1. The van der Waals surface area contributed by atoms with Crippen LogP contribution in [0.1, 0.15) is 25.1 Å². The van der Waals surface area contributed by atoms with Crippen LogP contribution in [0.25, 0.3) is 49.7 Å². The van der Waals surface area contributed by atoms with E-state index in [4.69, 9.17) is 14.7 Å². The molecule has 0 unspecified atom stereocenters. The van der Waals surface area contributed by atoms with Gasteiger partial charge in [0, 0.05) is 49.5 Å². The Kier molecular flexibility index (Phi) is 7.53. The van der Waals surface area contributed by atoms with Gasteiger partial charge in [-0.15, -0.1) is 17.5 Å². The summed E-state index contributed by atoms with van der Waals surface area (Å²) < 4.78 is 8.55. The number of aromatic nitrogens is 3. The number of fused-ring (bicyclic) bond motifs is 4. The Bertz CT molecular complexity index is 2050. The summed E-state index contributed by atoms with van der Waals surface area (Å²) in [7, 11) is 0. The molecule has 0 aliphatic rings. The average molecular weight is 730 g/mol. The first-order valence-corrected chi connectivity index (χ1v) is 13.9. The Morgan fingerprint density at radius 2 is 1.55 bits per heavy atom. The summed E-state index contributed by atoms with van der Waals surface area (Å²) in [5, 5.41) is 13.7. The van der Waals surface area contributed by atoms with Crippen LogP contribution in [0.5, 0.6) is 17.4 Å². The second-order valence-corrected chi connectivity index (χ2v) is 10.1. The van der Waals surface area contributed by atoms with Gasteiger partial charge in [0.25, 0.3) is 0 Å². The van der Waals surface area contributed by atoms with Gasteiger partial charge in [0.1, 0.15) is 17.1 Å². The Hall–Kier alpha value is -4.47. The zero-order valence-electron chi connectivity index (χ0n) is 23.2. The molecule has 6 heteroatoms. The Morgan fingerprint density at radius 3 is 2.36 bits per heavy atom. The van der Waals surface area contributed by atoms with Gasteiger partial charge >= 0.3 is 0 Å². The summed E-state index contributed by atoms with van der Waals surface area (Å²) in [6, 6.07) is 37.6. The maximum Gasteiger partial charge on any atom is 0.217 e. The number of aromatic hydroxyl groups is 1. The molecule has 0 aliphatic carbocycles. The van der Waals surface area contributed by atoms with E-state index in [1.54, 1.807) is 6.07 Å². The van der Waals surface area contributed by atoms with Crippen LogP contribution in [0.4, 0.5) is 0 Å². The average Bonchev–Trinajstić information content (AvgIpc) is 3.35. The van der Waals surface area contributed by atoms with Gasteiger partial charge < -0.3 is 14.4 Å². The molecule has 0 bridgehead atoms. The van der Waals surface area contributed by atoms with Crippen molar-refractivity contribution < 1.29 is 30.9 Å². The number of hydrogen-bond acceptors (Lipinski definition) is 4. The molecule has 0 aliphatic heterocycles. The zero-order chi connectivity index (χ0) is 27.9. The molecule has 210 valence electrons. The Morgan fingerprint density at radius 1 is 0.762 bits per heavy atom. The van der Waals surface area contributed by atoms with Crippen molar-refractivity contribution >= 4 is 32.7 Å². The third-order valence-electron chi connectivity index (χ3n) is 7.58. The van der Waals surface area contributed by atoms with Crippen LogP contribution in [0.3, 0.4) is 0 Å². The number of pyridine rings is 2. The fourth-order valence-corrected chi connectivity index (χ4v) is 5.54. The molecule has 3 aromatic heterocycles. The molecule has 0 spiro atoms. The first kappa shape index (κ1) is 27.7. The maximum absolute atomic E-state index is 10.7. The summed E-state index contributed by atoms with van der Waals surface area (Å²) >= 11 is 0. The van der Waals surface area contributed by atoms with Crippen LogP contribution < -0.4 is 4.74 Å². The molecule has 0 radical (unpaired) electrons. The SMILES string of the molecule is CCc1cc(CC)nc(-n2c3[c-]c(Oc4cc(-c5ccccc5)c5cccc(O)c5n4)ccc3c3ccccc32)c1.[Pt]. The number of benzene rings is 4. The third kappa shape index (κ3) is 4.84. The third-order valence-corrected chi connectivity index (χ3v) is 7.58. The van der Waals surface area contributed by atoms with E-state index in [1.807, 2.05) is 54.6 Å². The van der Waals surface area contributed by atoms with E-state index in [0.717, 1.165) is 62.7 Å². The van der Waals surface area contributed by atoms with Crippen LogP contribution in [-0.2, 0) is 33.9 Å². The maximum atomic E-state index is 10.7. The Balaban J connectivity index is 0.00000316. The summed E-state index contributed by atoms with van der Waals surface area (Å²) in [6.45, 7) is 4.30. The van der Waals surface area contributed by atoms with Gasteiger partial charge in [-0.25, -0.2) is 9.97 Å². The number of hydrogen-bond donors (Lipinski definition) is 1. The molecule has 3 heterocycles. The van der Waals surface area contributed by atoms with Crippen molar-refractivity contribution in [2.45, 2.75) is 26.7 Å². The van der Waals surface area contributed by atoms with Gasteiger partial charge in [-0.1, -0.05) is 80.0 Å². The number of phenols is 1. The summed E-state index contributed by atoms with van der Waals surface area (Å²) in [5.41, 5.74) is 6.71. The molecule has 0 atom stereocenters. The molecular weight excluding hydrogens is 701 g/mol. The van der Waals surface area contributed by atoms with Gasteiger partial charge in [0.15, 0.2) is 0 Å². The van der Waals surface area contributed by atoms with Gasteiger partial charge in [0.05, 0.1) is 0 Å². The largest absolute Gasteiger partial charge is 0.506 e. The molecule has 42 heavy (non-hydrogen) atoms. The van der Waals surface area contributed by atoms with Crippen LogP contribution in [0, 0.1) is 6.07 Å². The number of nitrogens with zero attached hydrogens (tertiary/aromatic N) is 3. The first-order chi connectivity index (χ1) is 20.1. The summed E-state index contributed by atoms with van der Waals surface area (Å²) in [5.74, 6) is 1.90. The molecule has 7 aromatic rings. The normalized spacial score (nSPS) is 11.2. The Labute approximate surface area is 258 Å². The summed E-state index contributed by atoms with van der Waals surface area (Å²) in [6.07, 6.45) is 1.79. The molecule has 1 N–H and O–H groups in total. The second-order valence-electron chi connectivity index (χ2n) is 10.1. The fraction of sp³-hybridized carbons (Fsp3) is 0.111. The predicted molar refractivity (Wildman–Crippen MR) is 165 cm³/mol. The second kappa shape index (κ2) is 11.4. The van der Waals surface area contributed by atoms with Crippen molar-refractivity contribution in [1.29, 1.82) is 0 Å². The van der Waals surface area contributed by atoms with Crippen molar-refractivity contribution in [2.24, 2.45) is 0 Å². The molecule has 0 saturated heterocycles. The quantitative estimate of drug-likeness (QED) is 0.174. The van der Waals surface area contributed by atoms with E-state index in [-0.39, 0.29) is 26.8 Å². The molecule has 4 aromatic carbocycles. The van der Waals surface area contributed by atoms with Gasteiger partial charge in [0.2, 0.25) is 5.88 Å². The summed E-state index contributed by atoms with van der Waals surface area (Å²) in [4.78, 5) is 9.70. The van der Waals surface area contributed by atoms with E-state index in [1.165, 1.54) is 5.56 Å². The minimum atomic E-state index is 0. The first-order valence-electron chi connectivity index (χ1n) is 13.9. The molecule has 5 nitrogen and oxygen atoms in total. The number of aryl methyl sites for hydroxylation is 2. The predicted octanol–water partition coefficient (Wildman–Crippen LogP) is 8.81. The number of rotatable bonds is 6. The molecule has 0 saturated carbocycles. The van der Waals surface area contributed by atoms with Crippen molar-refractivity contribution in [3.05, 3.63) is 120 Å². The van der Waals surface area contributed by atoms with Crippen molar-refractivity contribution in [2.75, 3.05) is 0 Å². The minimum Gasteiger partial charge on any atom is -0.506 e. The fourth-order valence-electron chi connectivity index (χ4n) is 5.54. The smallest absolute Gasteiger partial charge is 0.217 e. The van der Waals surface area contributed by atoms with E-state index in [0.29, 0.717) is 17.1 Å². The molecule has 0 fully saturated rings. The molecule has 0 amide bonds. The van der Waals surface area contributed by atoms with Gasteiger partial charge in [-0.05, 0) is 59.2 Å². The van der Waals surface area contributed by atoms with Crippen LogP contribution >= 0.6 is 0 Å². The minimum absolute atomic E-state index is 0. The number of phenolic OH excluding ortho intramolecular Hbond substituents is 1. The van der Waals surface area contributed by atoms with Crippen molar-refractivity contribution in [1.82, 2.24) is 14.5 Å². The van der Waals surface area contributed by atoms with Crippen LogP contribution in [0.15, 0.2) is 103 Å².